The van der Waals surface area contributed by atoms with Crippen LogP contribution in [0.4, 0.5) is 0 Å². The Bertz CT molecular complexity index is 1020. The molecule has 3 aromatic rings. The summed E-state index contributed by atoms with van der Waals surface area (Å²) in [5.41, 5.74) is 3.63. The van der Waals surface area contributed by atoms with Crippen molar-refractivity contribution in [2.24, 2.45) is 4.99 Å². The Hall–Kier alpha value is -2.85. The summed E-state index contributed by atoms with van der Waals surface area (Å²) in [4.78, 5) is 13.4. The van der Waals surface area contributed by atoms with E-state index in [2.05, 4.69) is 51.4 Å². The lowest BCUT2D eigenvalue weighted by Gasteiger charge is -2.39. The van der Waals surface area contributed by atoms with Crippen LogP contribution in [0.25, 0.3) is 22.2 Å². The standard InChI is InChI=1S/C23H23N3O/c1-3-22(2,27)23(10-5-11-26-23)16-17-6-4-7-18(14-17)19-8-9-20-21(15-19)25-13-12-24-20/h4-15,27H,3,16H2,1-2H3. The lowest BCUT2D eigenvalue weighted by molar-refractivity contribution is 0.000103. The fourth-order valence-electron chi connectivity index (χ4n) is 3.66. The molecule has 2 unspecified atom stereocenters. The highest BCUT2D eigenvalue weighted by Crippen LogP contribution is 2.37. The molecule has 0 saturated carbocycles. The van der Waals surface area contributed by atoms with Crippen molar-refractivity contribution in [2.75, 3.05) is 0 Å². The van der Waals surface area contributed by atoms with Gasteiger partial charge in [-0.15, -0.1) is 0 Å². The number of rotatable bonds is 5. The average Bonchev–Trinajstić information content (AvgIpc) is 3.18. The molecule has 1 aliphatic heterocycles. The van der Waals surface area contributed by atoms with E-state index in [1.807, 2.05) is 32.1 Å². The van der Waals surface area contributed by atoms with E-state index in [9.17, 15) is 5.11 Å². The first-order valence-electron chi connectivity index (χ1n) is 9.28. The van der Waals surface area contributed by atoms with Gasteiger partial charge in [0.25, 0.3) is 0 Å². The van der Waals surface area contributed by atoms with E-state index in [4.69, 9.17) is 0 Å². The number of hydrogen-bond donors (Lipinski definition) is 1. The Labute approximate surface area is 159 Å². The van der Waals surface area contributed by atoms with Crippen LogP contribution in [-0.4, -0.2) is 32.4 Å². The number of nitrogens with zero attached hydrogens (tertiary/aromatic N) is 3. The summed E-state index contributed by atoms with van der Waals surface area (Å²) < 4.78 is 0. The highest BCUT2D eigenvalue weighted by molar-refractivity contribution is 5.81. The molecule has 1 aromatic heterocycles. The zero-order valence-electron chi connectivity index (χ0n) is 15.6. The number of aliphatic imine (C=N–C) groups is 1. The quantitative estimate of drug-likeness (QED) is 0.737. The number of hydrogen-bond acceptors (Lipinski definition) is 4. The first-order chi connectivity index (χ1) is 13.0. The molecule has 1 N–H and O–H groups in total. The van der Waals surface area contributed by atoms with Crippen LogP contribution in [0.2, 0.25) is 0 Å². The lowest BCUT2D eigenvalue weighted by atomic mass is 9.75. The monoisotopic (exact) mass is 357 g/mol. The van der Waals surface area contributed by atoms with Gasteiger partial charge in [0.1, 0.15) is 5.54 Å². The van der Waals surface area contributed by atoms with E-state index < -0.39 is 11.1 Å². The molecule has 4 heteroatoms. The number of fused-ring (bicyclic) bond motifs is 1. The number of aromatic nitrogens is 2. The van der Waals surface area contributed by atoms with E-state index in [-0.39, 0.29) is 0 Å². The van der Waals surface area contributed by atoms with Crippen molar-refractivity contribution in [1.82, 2.24) is 9.97 Å². The molecular weight excluding hydrogens is 334 g/mol. The van der Waals surface area contributed by atoms with E-state index in [0.717, 1.165) is 27.7 Å². The van der Waals surface area contributed by atoms with Crippen molar-refractivity contribution < 1.29 is 5.11 Å². The predicted octanol–water partition coefficient (Wildman–Crippen LogP) is 4.38. The van der Waals surface area contributed by atoms with E-state index >= 15 is 0 Å². The normalized spacial score (nSPS) is 20.9. The van der Waals surface area contributed by atoms with Gasteiger partial charge >= 0.3 is 0 Å². The third-order valence-electron chi connectivity index (χ3n) is 5.59. The maximum Gasteiger partial charge on any atom is 0.111 e. The Morgan fingerprint density at radius 1 is 1.00 bits per heavy atom. The second-order valence-electron chi connectivity index (χ2n) is 7.33. The number of aliphatic hydroxyl groups is 1. The molecule has 0 bridgehead atoms. The van der Waals surface area contributed by atoms with E-state index in [0.29, 0.717) is 12.8 Å². The summed E-state index contributed by atoms with van der Waals surface area (Å²) in [5, 5.41) is 11.0. The topological polar surface area (TPSA) is 58.4 Å². The van der Waals surface area contributed by atoms with Crippen LogP contribution in [0.3, 0.4) is 0 Å². The second-order valence-corrected chi connectivity index (χ2v) is 7.33. The SMILES string of the molecule is CCC(C)(O)C1(Cc2cccc(-c3ccc4nccnc4c3)c2)C=CC=N1. The Balaban J connectivity index is 1.70. The minimum atomic E-state index is -0.898. The minimum Gasteiger partial charge on any atom is -0.387 e. The zero-order chi connectivity index (χ0) is 18.9. The van der Waals surface area contributed by atoms with Crippen LogP contribution < -0.4 is 0 Å². The van der Waals surface area contributed by atoms with Crippen LogP contribution in [0.1, 0.15) is 25.8 Å². The van der Waals surface area contributed by atoms with Crippen molar-refractivity contribution in [1.29, 1.82) is 0 Å². The van der Waals surface area contributed by atoms with Gasteiger partial charge in [0.2, 0.25) is 0 Å². The Kier molecular flexibility index (Phi) is 4.36. The van der Waals surface area contributed by atoms with Crippen molar-refractivity contribution in [2.45, 2.75) is 37.8 Å². The fourth-order valence-corrected chi connectivity index (χ4v) is 3.66. The average molecular weight is 357 g/mol. The summed E-state index contributed by atoms with van der Waals surface area (Å²) in [6.45, 7) is 3.86. The zero-order valence-corrected chi connectivity index (χ0v) is 15.6. The molecular formula is C23H23N3O. The van der Waals surface area contributed by atoms with Crippen LogP contribution in [0, 0.1) is 0 Å². The molecule has 0 amide bonds. The molecule has 0 fully saturated rings. The van der Waals surface area contributed by atoms with Crippen LogP contribution in [0.15, 0.2) is 72.0 Å². The molecule has 1 aliphatic rings. The molecule has 0 radical (unpaired) electrons. The summed E-state index contributed by atoms with van der Waals surface area (Å²) in [6.07, 6.45) is 10.4. The highest BCUT2D eigenvalue weighted by atomic mass is 16.3. The molecule has 4 rings (SSSR count). The van der Waals surface area contributed by atoms with Gasteiger partial charge in [-0.2, -0.15) is 0 Å². The van der Waals surface area contributed by atoms with Crippen LogP contribution in [0.5, 0.6) is 0 Å². The molecule has 0 spiro atoms. The summed E-state index contributed by atoms with van der Waals surface area (Å²) in [7, 11) is 0. The van der Waals surface area contributed by atoms with Crippen molar-refractivity contribution in [3.8, 4) is 11.1 Å². The molecule has 136 valence electrons. The maximum atomic E-state index is 11.0. The maximum absolute atomic E-state index is 11.0. The van der Waals surface area contributed by atoms with Gasteiger partial charge < -0.3 is 5.11 Å². The second kappa shape index (κ2) is 6.71. The van der Waals surface area contributed by atoms with Crippen LogP contribution in [-0.2, 0) is 6.42 Å². The third-order valence-corrected chi connectivity index (χ3v) is 5.59. The van der Waals surface area contributed by atoms with Crippen molar-refractivity contribution in [3.05, 3.63) is 72.6 Å². The van der Waals surface area contributed by atoms with Crippen LogP contribution >= 0.6 is 0 Å². The van der Waals surface area contributed by atoms with Crippen molar-refractivity contribution in [3.63, 3.8) is 0 Å². The number of benzene rings is 2. The fraction of sp³-hybridized carbons (Fsp3) is 0.261. The number of allylic oxidation sites excluding steroid dienone is 1. The smallest absolute Gasteiger partial charge is 0.111 e. The van der Waals surface area contributed by atoms with Gasteiger partial charge in [-0.3, -0.25) is 15.0 Å². The molecule has 2 atom stereocenters. The predicted molar refractivity (Wildman–Crippen MR) is 110 cm³/mol. The van der Waals surface area contributed by atoms with Gasteiger partial charge in [-0.25, -0.2) is 0 Å². The van der Waals surface area contributed by atoms with Gasteiger partial charge in [0.15, 0.2) is 0 Å². The molecule has 2 aromatic carbocycles. The molecule has 2 heterocycles. The van der Waals surface area contributed by atoms with Gasteiger partial charge in [-0.05, 0) is 48.2 Å². The Morgan fingerprint density at radius 2 is 1.78 bits per heavy atom. The largest absolute Gasteiger partial charge is 0.387 e. The summed E-state index contributed by atoms with van der Waals surface area (Å²) >= 11 is 0. The van der Waals surface area contributed by atoms with E-state index in [1.54, 1.807) is 18.6 Å². The molecule has 27 heavy (non-hydrogen) atoms. The molecule has 4 nitrogen and oxygen atoms in total. The summed E-state index contributed by atoms with van der Waals surface area (Å²) in [6, 6.07) is 14.6. The third kappa shape index (κ3) is 3.17. The minimum absolute atomic E-state index is 0.616. The van der Waals surface area contributed by atoms with Gasteiger partial charge in [0, 0.05) is 25.0 Å². The first-order valence-corrected chi connectivity index (χ1v) is 9.28. The van der Waals surface area contributed by atoms with Gasteiger partial charge in [-0.1, -0.05) is 43.3 Å². The first kappa shape index (κ1) is 17.6. The lowest BCUT2D eigenvalue weighted by Crippen LogP contribution is -2.49. The molecule has 0 aliphatic carbocycles. The van der Waals surface area contributed by atoms with Gasteiger partial charge in [0.05, 0.1) is 16.6 Å². The summed E-state index contributed by atoms with van der Waals surface area (Å²) in [5.74, 6) is 0. The Morgan fingerprint density at radius 3 is 2.52 bits per heavy atom. The van der Waals surface area contributed by atoms with E-state index in [1.165, 1.54) is 0 Å². The van der Waals surface area contributed by atoms with Crippen molar-refractivity contribution >= 4 is 17.2 Å². The highest BCUT2D eigenvalue weighted by Gasteiger charge is 2.44. The molecule has 0 saturated heterocycles.